The van der Waals surface area contributed by atoms with Crippen molar-refractivity contribution in [3.8, 4) is 0 Å². The van der Waals surface area contributed by atoms with Crippen LogP contribution in [0.1, 0.15) is 30.9 Å². The summed E-state index contributed by atoms with van der Waals surface area (Å²) in [6.07, 6.45) is 2.89. The molecule has 4 rings (SSSR count). The van der Waals surface area contributed by atoms with Gasteiger partial charge in [0, 0.05) is 25.7 Å². The zero-order chi connectivity index (χ0) is 23.7. The number of nitrogens with two attached hydrogens (primary N) is 1. The van der Waals surface area contributed by atoms with Crippen molar-refractivity contribution in [3.63, 3.8) is 0 Å². The highest BCUT2D eigenvalue weighted by atomic mass is 16.3. The lowest BCUT2D eigenvalue weighted by molar-refractivity contribution is 0.399. The van der Waals surface area contributed by atoms with Gasteiger partial charge in [0.05, 0.1) is 17.9 Å². The van der Waals surface area contributed by atoms with Crippen molar-refractivity contribution in [2.24, 2.45) is 25.7 Å². The molecule has 5 N–H and O–H groups in total. The number of hydrogen-bond acceptors (Lipinski definition) is 12. The number of furan rings is 2. The van der Waals surface area contributed by atoms with E-state index in [9.17, 15) is 0 Å². The Hall–Kier alpha value is -3.96. The Morgan fingerprint density at radius 2 is 1.73 bits per heavy atom. The third-order valence-corrected chi connectivity index (χ3v) is 5.26. The van der Waals surface area contributed by atoms with Crippen molar-refractivity contribution in [3.05, 3.63) is 35.7 Å². The maximum absolute atomic E-state index is 5.91. The van der Waals surface area contributed by atoms with Gasteiger partial charge in [-0.05, 0) is 27.7 Å². The van der Waals surface area contributed by atoms with Gasteiger partial charge in [-0.2, -0.15) is 0 Å². The van der Waals surface area contributed by atoms with Gasteiger partial charge < -0.3 is 29.7 Å². The molecule has 4 heterocycles. The average Bonchev–Trinajstić information content (AvgIpc) is 3.31. The molecular weight excluding hydrogens is 424 g/mol. The fraction of sp³-hybridized carbons (Fsp3) is 0.429. The van der Waals surface area contributed by atoms with Crippen LogP contribution in [0.2, 0.25) is 0 Å². The van der Waals surface area contributed by atoms with Crippen LogP contribution < -0.4 is 26.6 Å². The number of nitrogens with zero attached hydrogens (tertiary/aromatic N) is 6. The zero-order valence-electron chi connectivity index (χ0n) is 19.7. The second kappa shape index (κ2) is 8.88. The lowest BCUT2D eigenvalue weighted by Crippen LogP contribution is -2.49. The molecule has 176 valence electrons. The summed E-state index contributed by atoms with van der Waals surface area (Å²) < 4.78 is 11.3. The molecule has 2 unspecified atom stereocenters. The molecule has 0 amide bonds. The summed E-state index contributed by atoms with van der Waals surface area (Å²) in [5.74, 6) is 3.87. The van der Waals surface area contributed by atoms with Crippen LogP contribution in [0.4, 0.5) is 11.4 Å². The molecule has 2 aromatic rings. The number of rotatable bonds is 4. The predicted molar refractivity (Wildman–Crippen MR) is 130 cm³/mol. The minimum atomic E-state index is -0.241. The van der Waals surface area contributed by atoms with Crippen LogP contribution in [0.15, 0.2) is 47.4 Å². The van der Waals surface area contributed by atoms with E-state index in [0.717, 1.165) is 28.5 Å². The summed E-state index contributed by atoms with van der Waals surface area (Å²) in [7, 11) is 3.85. The van der Waals surface area contributed by atoms with E-state index in [1.807, 2.05) is 57.7 Å². The van der Waals surface area contributed by atoms with E-state index in [2.05, 4.69) is 35.9 Å². The largest absolute Gasteiger partial charge is 0.467 e. The first-order chi connectivity index (χ1) is 15.7. The molecule has 0 saturated heterocycles. The van der Waals surface area contributed by atoms with Crippen molar-refractivity contribution in [1.82, 2.24) is 15.5 Å². The van der Waals surface area contributed by atoms with Crippen molar-refractivity contribution < 1.29 is 8.83 Å². The molecule has 0 spiro atoms. The van der Waals surface area contributed by atoms with E-state index in [4.69, 9.17) is 14.6 Å². The Kier molecular flexibility index (Phi) is 5.99. The van der Waals surface area contributed by atoms with Gasteiger partial charge in [0.2, 0.25) is 17.9 Å². The Bertz CT molecular complexity index is 1140. The lowest BCUT2D eigenvalue weighted by Gasteiger charge is -2.27. The van der Waals surface area contributed by atoms with Gasteiger partial charge in [0.15, 0.2) is 5.96 Å². The molecular formula is C21H30N10O2. The van der Waals surface area contributed by atoms with Gasteiger partial charge in [-0.3, -0.25) is 10.6 Å². The maximum atomic E-state index is 5.91. The van der Waals surface area contributed by atoms with Gasteiger partial charge in [0.25, 0.3) is 0 Å². The Morgan fingerprint density at radius 1 is 1.00 bits per heavy atom. The quantitative estimate of drug-likeness (QED) is 0.547. The first-order valence-corrected chi connectivity index (χ1v) is 10.6. The highest BCUT2D eigenvalue weighted by molar-refractivity contribution is 6.07. The molecule has 2 aliphatic rings. The smallest absolute Gasteiger partial charge is 0.207 e. The summed E-state index contributed by atoms with van der Waals surface area (Å²) in [6, 6.07) is 1.90. The molecule has 2 aliphatic heterocycles. The van der Waals surface area contributed by atoms with Crippen molar-refractivity contribution in [2.75, 3.05) is 24.3 Å². The van der Waals surface area contributed by atoms with E-state index < -0.39 is 0 Å². The number of anilines is 2. The van der Waals surface area contributed by atoms with E-state index in [0.29, 0.717) is 30.4 Å². The minimum absolute atomic E-state index is 0.233. The van der Waals surface area contributed by atoms with Gasteiger partial charge in [-0.1, -0.05) is 0 Å². The summed E-state index contributed by atoms with van der Waals surface area (Å²) in [6.45, 7) is 8.22. The zero-order valence-corrected chi connectivity index (χ0v) is 19.7. The molecule has 0 bridgehead atoms. The summed E-state index contributed by atoms with van der Waals surface area (Å²) >= 11 is 0. The highest BCUT2D eigenvalue weighted by Crippen LogP contribution is 2.26. The fourth-order valence-corrected chi connectivity index (χ4v) is 3.56. The van der Waals surface area contributed by atoms with E-state index in [1.165, 1.54) is 0 Å². The molecule has 0 aromatic carbocycles. The molecule has 0 fully saturated rings. The fourth-order valence-electron chi connectivity index (χ4n) is 3.56. The number of aryl methyl sites for hydroxylation is 1. The van der Waals surface area contributed by atoms with Crippen LogP contribution >= 0.6 is 0 Å². The summed E-state index contributed by atoms with van der Waals surface area (Å²) in [5, 5.41) is 9.46. The first kappa shape index (κ1) is 22.2. The molecule has 0 saturated carbocycles. The van der Waals surface area contributed by atoms with E-state index in [-0.39, 0.29) is 12.3 Å². The van der Waals surface area contributed by atoms with Crippen LogP contribution in [0, 0.1) is 13.8 Å². The molecule has 2 aromatic heterocycles. The molecule has 12 nitrogen and oxygen atoms in total. The standard InChI is InChI=1S/C21H30N10O2/c1-11-7-15(9-32-11)27-19-24-14(4)25-20(29-19)30(5)8-17-12(2)16(10-33-17)31(6)21-26-13(3)23-18(22)28-21/h7,9-10,13-14H,8H2,1-6H3,(H3,22,23,26,28)(H2,24,25,27,29). The van der Waals surface area contributed by atoms with Gasteiger partial charge >= 0.3 is 0 Å². The Morgan fingerprint density at radius 3 is 2.42 bits per heavy atom. The van der Waals surface area contributed by atoms with Crippen LogP contribution in [-0.2, 0) is 6.54 Å². The molecule has 12 heteroatoms. The third kappa shape index (κ3) is 4.94. The van der Waals surface area contributed by atoms with Crippen LogP contribution in [0.5, 0.6) is 0 Å². The highest BCUT2D eigenvalue weighted by Gasteiger charge is 2.23. The topological polar surface area (TPSA) is 144 Å². The van der Waals surface area contributed by atoms with Crippen molar-refractivity contribution in [2.45, 2.75) is 46.6 Å². The number of guanidine groups is 4. The van der Waals surface area contributed by atoms with Crippen LogP contribution in [0.3, 0.4) is 0 Å². The Balaban J connectivity index is 1.43. The monoisotopic (exact) mass is 454 g/mol. The van der Waals surface area contributed by atoms with Crippen LogP contribution in [0.25, 0.3) is 0 Å². The Labute approximate surface area is 192 Å². The maximum Gasteiger partial charge on any atom is 0.207 e. The average molecular weight is 455 g/mol. The summed E-state index contributed by atoms with van der Waals surface area (Å²) in [4.78, 5) is 21.7. The van der Waals surface area contributed by atoms with Gasteiger partial charge in [-0.25, -0.2) is 20.0 Å². The lowest BCUT2D eigenvalue weighted by atomic mass is 10.2. The predicted octanol–water partition coefficient (Wildman–Crippen LogP) is 1.75. The van der Waals surface area contributed by atoms with Crippen molar-refractivity contribution >= 4 is 35.2 Å². The van der Waals surface area contributed by atoms with Gasteiger partial charge in [0.1, 0.15) is 36.4 Å². The number of nitrogens with one attached hydrogen (secondary N) is 3. The molecule has 0 radical (unpaired) electrons. The number of hydrogen-bond donors (Lipinski definition) is 4. The third-order valence-electron chi connectivity index (χ3n) is 5.26. The van der Waals surface area contributed by atoms with Crippen LogP contribution in [-0.4, -0.2) is 55.2 Å². The summed E-state index contributed by atoms with van der Waals surface area (Å²) in [5.41, 5.74) is 8.56. The molecule has 2 atom stereocenters. The second-order valence-electron chi connectivity index (χ2n) is 8.07. The molecule has 33 heavy (non-hydrogen) atoms. The molecule has 0 aliphatic carbocycles. The first-order valence-electron chi connectivity index (χ1n) is 10.6. The number of aliphatic imine (C=N–C) groups is 4. The normalized spacial score (nSPS) is 20.1. The van der Waals surface area contributed by atoms with Crippen molar-refractivity contribution in [1.29, 1.82) is 0 Å². The van der Waals surface area contributed by atoms with E-state index >= 15 is 0 Å². The minimum Gasteiger partial charge on any atom is -0.467 e. The van der Waals surface area contributed by atoms with E-state index in [1.54, 1.807) is 12.5 Å². The SMILES string of the molecule is Cc1cc(NC2=NC(C)N=C(N(C)Cc3occ(N(C)C4=NC(C)N=C(N)N4)c3C)N2)co1. The van der Waals surface area contributed by atoms with Gasteiger partial charge in [-0.15, -0.1) is 0 Å². The second-order valence-corrected chi connectivity index (χ2v) is 8.07.